The lowest BCUT2D eigenvalue weighted by Gasteiger charge is -2.27. The van der Waals surface area contributed by atoms with E-state index in [0.717, 1.165) is 23.7 Å². The Morgan fingerprint density at radius 2 is 1.45 bits per heavy atom. The molecule has 0 saturated heterocycles. The highest BCUT2D eigenvalue weighted by atomic mass is 14.3. The first-order chi connectivity index (χ1) is 10.8. The van der Waals surface area contributed by atoms with E-state index < -0.39 is 0 Å². The van der Waals surface area contributed by atoms with Gasteiger partial charge >= 0.3 is 0 Å². The van der Waals surface area contributed by atoms with Crippen LogP contribution in [0.1, 0.15) is 77.6 Å². The molecule has 124 valence electrons. The molecule has 0 heteroatoms. The number of rotatable bonds is 7. The summed E-state index contributed by atoms with van der Waals surface area (Å²) in [4.78, 5) is 0. The van der Waals surface area contributed by atoms with E-state index in [1.54, 1.807) is 0 Å². The standard InChI is InChI=1S/C22H36/c1-3-5-8-20-15-17-22(18-16-20)10-7-6-9-21-13-11-19(4-2)12-14-21/h3-6,9,19-22H,2,7-8,10-18H2,1H3/b5-3-,9-6+. The summed E-state index contributed by atoms with van der Waals surface area (Å²) in [5.74, 6) is 3.63. The zero-order valence-corrected chi connectivity index (χ0v) is 14.7. The highest BCUT2D eigenvalue weighted by Gasteiger charge is 2.20. The second-order valence-electron chi connectivity index (χ2n) is 7.61. The third-order valence-electron chi connectivity index (χ3n) is 5.97. The summed E-state index contributed by atoms with van der Waals surface area (Å²) in [6.07, 6.45) is 27.1. The normalized spacial score (nSPS) is 33.5. The summed E-state index contributed by atoms with van der Waals surface area (Å²) in [7, 11) is 0. The summed E-state index contributed by atoms with van der Waals surface area (Å²) in [6, 6.07) is 0. The fourth-order valence-corrected chi connectivity index (χ4v) is 4.28. The Morgan fingerprint density at radius 3 is 2.09 bits per heavy atom. The average molecular weight is 301 g/mol. The van der Waals surface area contributed by atoms with Gasteiger partial charge in [0.2, 0.25) is 0 Å². The molecule has 0 aromatic rings. The topological polar surface area (TPSA) is 0 Å². The predicted octanol–water partition coefficient (Wildman–Crippen LogP) is 7.09. The van der Waals surface area contributed by atoms with Crippen LogP contribution in [0.25, 0.3) is 0 Å². The van der Waals surface area contributed by atoms with Crippen LogP contribution in [0.5, 0.6) is 0 Å². The van der Waals surface area contributed by atoms with Crippen molar-refractivity contribution < 1.29 is 0 Å². The molecule has 0 N–H and O–H groups in total. The van der Waals surface area contributed by atoms with Gasteiger partial charge in [0.1, 0.15) is 0 Å². The minimum atomic E-state index is 0.794. The average Bonchev–Trinajstić information content (AvgIpc) is 2.58. The van der Waals surface area contributed by atoms with Crippen LogP contribution in [0.3, 0.4) is 0 Å². The molecule has 22 heavy (non-hydrogen) atoms. The second kappa shape index (κ2) is 10.1. The number of hydrogen-bond donors (Lipinski definition) is 0. The van der Waals surface area contributed by atoms with Crippen LogP contribution in [0.2, 0.25) is 0 Å². The third kappa shape index (κ3) is 6.15. The molecule has 0 aromatic carbocycles. The molecule has 0 nitrogen and oxygen atoms in total. The lowest BCUT2D eigenvalue weighted by atomic mass is 9.78. The van der Waals surface area contributed by atoms with E-state index in [4.69, 9.17) is 0 Å². The van der Waals surface area contributed by atoms with Crippen molar-refractivity contribution in [2.45, 2.75) is 77.6 Å². The summed E-state index contributed by atoms with van der Waals surface area (Å²) in [5.41, 5.74) is 0. The maximum atomic E-state index is 3.94. The van der Waals surface area contributed by atoms with E-state index in [2.05, 4.69) is 43.9 Å². The molecule has 2 saturated carbocycles. The van der Waals surface area contributed by atoms with Crippen molar-refractivity contribution in [2.24, 2.45) is 23.7 Å². The molecule has 2 aliphatic rings. The monoisotopic (exact) mass is 300 g/mol. The van der Waals surface area contributed by atoms with E-state index in [1.807, 2.05) is 0 Å². The molecule has 0 bridgehead atoms. The van der Waals surface area contributed by atoms with Gasteiger partial charge in [-0.25, -0.2) is 0 Å². The highest BCUT2D eigenvalue weighted by Crippen LogP contribution is 2.34. The molecule has 0 spiro atoms. The van der Waals surface area contributed by atoms with Gasteiger partial charge in [0, 0.05) is 0 Å². The van der Waals surface area contributed by atoms with E-state index >= 15 is 0 Å². The zero-order chi connectivity index (χ0) is 15.6. The lowest BCUT2D eigenvalue weighted by Crippen LogP contribution is -2.14. The summed E-state index contributed by atoms with van der Waals surface area (Å²) < 4.78 is 0. The van der Waals surface area contributed by atoms with Crippen LogP contribution in [-0.4, -0.2) is 0 Å². The van der Waals surface area contributed by atoms with Gasteiger partial charge in [-0.15, -0.1) is 6.58 Å². The van der Waals surface area contributed by atoms with Crippen molar-refractivity contribution in [2.75, 3.05) is 0 Å². The van der Waals surface area contributed by atoms with E-state index in [0.29, 0.717) is 0 Å². The van der Waals surface area contributed by atoms with Crippen molar-refractivity contribution in [3.63, 3.8) is 0 Å². The number of allylic oxidation sites excluding steroid dienone is 5. The van der Waals surface area contributed by atoms with Crippen molar-refractivity contribution in [1.29, 1.82) is 0 Å². The predicted molar refractivity (Wildman–Crippen MR) is 98.9 cm³/mol. The van der Waals surface area contributed by atoms with E-state index in [-0.39, 0.29) is 0 Å². The summed E-state index contributed by atoms with van der Waals surface area (Å²) >= 11 is 0. The Labute approximate surface area is 138 Å². The van der Waals surface area contributed by atoms with Crippen LogP contribution >= 0.6 is 0 Å². The summed E-state index contributed by atoms with van der Waals surface area (Å²) in [5, 5.41) is 0. The molecular formula is C22H36. The molecule has 2 fully saturated rings. The summed E-state index contributed by atoms with van der Waals surface area (Å²) in [6.45, 7) is 6.08. The zero-order valence-electron chi connectivity index (χ0n) is 14.7. The van der Waals surface area contributed by atoms with Crippen LogP contribution in [0, 0.1) is 23.7 Å². The van der Waals surface area contributed by atoms with Crippen LogP contribution < -0.4 is 0 Å². The molecular weight excluding hydrogens is 264 g/mol. The van der Waals surface area contributed by atoms with Crippen LogP contribution in [0.15, 0.2) is 37.0 Å². The van der Waals surface area contributed by atoms with Crippen molar-refractivity contribution >= 4 is 0 Å². The fraction of sp³-hybridized carbons (Fsp3) is 0.727. The van der Waals surface area contributed by atoms with Gasteiger partial charge in [0.25, 0.3) is 0 Å². The maximum Gasteiger partial charge on any atom is -0.0233 e. The Bertz CT molecular complexity index is 346. The van der Waals surface area contributed by atoms with Gasteiger partial charge in [-0.05, 0) is 88.4 Å². The largest absolute Gasteiger partial charge is 0.103 e. The lowest BCUT2D eigenvalue weighted by molar-refractivity contribution is 0.266. The smallest absolute Gasteiger partial charge is 0.0233 e. The van der Waals surface area contributed by atoms with Crippen molar-refractivity contribution in [1.82, 2.24) is 0 Å². The van der Waals surface area contributed by atoms with Gasteiger partial charge in [0.05, 0.1) is 0 Å². The number of hydrogen-bond acceptors (Lipinski definition) is 0. The third-order valence-corrected chi connectivity index (χ3v) is 5.97. The minimum Gasteiger partial charge on any atom is -0.103 e. The van der Waals surface area contributed by atoms with Gasteiger partial charge in [-0.3, -0.25) is 0 Å². The molecule has 0 heterocycles. The fourth-order valence-electron chi connectivity index (χ4n) is 4.28. The Kier molecular flexibility index (Phi) is 8.05. The molecule has 0 radical (unpaired) electrons. The first kappa shape index (κ1) is 17.6. The van der Waals surface area contributed by atoms with E-state index in [1.165, 1.54) is 70.6 Å². The Balaban J connectivity index is 1.56. The molecule has 0 atom stereocenters. The van der Waals surface area contributed by atoms with E-state index in [9.17, 15) is 0 Å². The van der Waals surface area contributed by atoms with Gasteiger partial charge in [-0.1, -0.05) is 43.2 Å². The highest BCUT2D eigenvalue weighted by molar-refractivity contribution is 4.94. The quantitative estimate of drug-likeness (QED) is 0.440. The SMILES string of the molecule is C=CC1CCC(/C=C/CCC2CCC(C/C=C\C)CC2)CC1. The molecule has 0 amide bonds. The van der Waals surface area contributed by atoms with Crippen LogP contribution in [0.4, 0.5) is 0 Å². The van der Waals surface area contributed by atoms with Crippen molar-refractivity contribution in [3.05, 3.63) is 37.0 Å². The van der Waals surface area contributed by atoms with Crippen molar-refractivity contribution in [3.8, 4) is 0 Å². The first-order valence-corrected chi connectivity index (χ1v) is 9.72. The molecule has 2 aliphatic carbocycles. The molecule has 2 rings (SSSR count). The van der Waals surface area contributed by atoms with Crippen LogP contribution in [-0.2, 0) is 0 Å². The minimum absolute atomic E-state index is 0.794. The van der Waals surface area contributed by atoms with Gasteiger partial charge in [0.15, 0.2) is 0 Å². The van der Waals surface area contributed by atoms with Gasteiger partial charge in [-0.2, -0.15) is 0 Å². The molecule has 0 aliphatic heterocycles. The Morgan fingerprint density at radius 1 is 0.818 bits per heavy atom. The maximum absolute atomic E-state index is 3.94. The molecule has 0 aromatic heterocycles. The Hall–Kier alpha value is -0.780. The second-order valence-corrected chi connectivity index (χ2v) is 7.61. The first-order valence-electron chi connectivity index (χ1n) is 9.72. The molecule has 0 unspecified atom stereocenters. The van der Waals surface area contributed by atoms with Gasteiger partial charge < -0.3 is 0 Å².